The first kappa shape index (κ1) is 8.04. The molecule has 0 aliphatic rings. The van der Waals surface area contributed by atoms with Crippen molar-refractivity contribution in [2.45, 2.75) is 6.04 Å². The van der Waals surface area contributed by atoms with E-state index in [1.54, 1.807) is 0 Å². The third-order valence-electron chi connectivity index (χ3n) is 1.59. The quantitative estimate of drug-likeness (QED) is 0.529. The molecule has 0 saturated carbocycles. The standard InChI is InChI=1S/C8H13N3/c9-5-8(11)6-2-1-3-7(10)4-6/h1-4,8H,5,9-11H2/t8-/m1/s1. The van der Waals surface area contributed by atoms with E-state index in [-0.39, 0.29) is 6.04 Å². The maximum Gasteiger partial charge on any atom is 0.0420 e. The van der Waals surface area contributed by atoms with Crippen molar-refractivity contribution in [1.29, 1.82) is 0 Å². The molecule has 0 fully saturated rings. The van der Waals surface area contributed by atoms with Gasteiger partial charge in [0, 0.05) is 18.3 Å². The third-order valence-corrected chi connectivity index (χ3v) is 1.59. The summed E-state index contributed by atoms with van der Waals surface area (Å²) in [5.74, 6) is 0. The fourth-order valence-corrected chi connectivity index (χ4v) is 0.926. The summed E-state index contributed by atoms with van der Waals surface area (Å²) in [4.78, 5) is 0. The predicted molar refractivity (Wildman–Crippen MR) is 46.8 cm³/mol. The zero-order chi connectivity index (χ0) is 8.27. The molecule has 1 aromatic carbocycles. The highest BCUT2D eigenvalue weighted by Gasteiger charge is 2.01. The van der Waals surface area contributed by atoms with Crippen LogP contribution in [0.1, 0.15) is 11.6 Å². The molecule has 0 heterocycles. The van der Waals surface area contributed by atoms with Gasteiger partial charge in [-0.2, -0.15) is 0 Å². The van der Waals surface area contributed by atoms with Crippen molar-refractivity contribution < 1.29 is 0 Å². The Morgan fingerprint density at radius 2 is 2.09 bits per heavy atom. The number of nitrogen functional groups attached to an aromatic ring is 1. The van der Waals surface area contributed by atoms with E-state index in [9.17, 15) is 0 Å². The van der Waals surface area contributed by atoms with Crippen LogP contribution in [0.25, 0.3) is 0 Å². The molecular weight excluding hydrogens is 138 g/mol. The maximum atomic E-state index is 5.68. The van der Waals surface area contributed by atoms with E-state index in [0.717, 1.165) is 11.3 Å². The van der Waals surface area contributed by atoms with Crippen molar-refractivity contribution in [2.75, 3.05) is 12.3 Å². The van der Waals surface area contributed by atoms with Crippen LogP contribution in [0.2, 0.25) is 0 Å². The number of rotatable bonds is 2. The van der Waals surface area contributed by atoms with Gasteiger partial charge in [0.15, 0.2) is 0 Å². The smallest absolute Gasteiger partial charge is 0.0420 e. The van der Waals surface area contributed by atoms with Gasteiger partial charge >= 0.3 is 0 Å². The number of benzene rings is 1. The normalized spacial score (nSPS) is 12.9. The lowest BCUT2D eigenvalue weighted by atomic mass is 10.1. The second-order valence-electron chi connectivity index (χ2n) is 2.51. The molecule has 0 amide bonds. The zero-order valence-electron chi connectivity index (χ0n) is 6.33. The fraction of sp³-hybridized carbons (Fsp3) is 0.250. The van der Waals surface area contributed by atoms with Crippen LogP contribution >= 0.6 is 0 Å². The molecule has 1 rings (SSSR count). The molecule has 11 heavy (non-hydrogen) atoms. The third kappa shape index (κ3) is 1.93. The number of nitrogens with two attached hydrogens (primary N) is 3. The Balaban J connectivity index is 2.86. The minimum atomic E-state index is -0.0986. The lowest BCUT2D eigenvalue weighted by molar-refractivity contribution is 0.737. The van der Waals surface area contributed by atoms with Crippen LogP contribution in [0.4, 0.5) is 5.69 Å². The molecule has 1 atom stereocenters. The Kier molecular flexibility index (Phi) is 2.46. The highest BCUT2D eigenvalue weighted by atomic mass is 14.7. The molecule has 0 unspecified atom stereocenters. The van der Waals surface area contributed by atoms with Gasteiger partial charge < -0.3 is 17.2 Å². The molecule has 0 spiro atoms. The molecule has 0 aromatic heterocycles. The second-order valence-corrected chi connectivity index (χ2v) is 2.51. The van der Waals surface area contributed by atoms with Crippen LogP contribution in [-0.4, -0.2) is 6.54 Å². The summed E-state index contributed by atoms with van der Waals surface area (Å²) < 4.78 is 0. The van der Waals surface area contributed by atoms with Crippen molar-refractivity contribution in [2.24, 2.45) is 11.5 Å². The van der Waals surface area contributed by atoms with E-state index in [2.05, 4.69) is 0 Å². The molecule has 0 aliphatic carbocycles. The van der Waals surface area contributed by atoms with Crippen LogP contribution in [0, 0.1) is 0 Å². The Morgan fingerprint density at radius 3 is 2.64 bits per heavy atom. The molecule has 1 aromatic rings. The van der Waals surface area contributed by atoms with E-state index < -0.39 is 0 Å². The zero-order valence-corrected chi connectivity index (χ0v) is 6.33. The van der Waals surface area contributed by atoms with Gasteiger partial charge in [-0.25, -0.2) is 0 Å². The summed E-state index contributed by atoms with van der Waals surface area (Å²) in [7, 11) is 0. The minimum Gasteiger partial charge on any atom is -0.399 e. The minimum absolute atomic E-state index is 0.0986. The molecule has 3 nitrogen and oxygen atoms in total. The summed E-state index contributed by atoms with van der Waals surface area (Å²) in [6.45, 7) is 0.448. The summed E-state index contributed by atoms with van der Waals surface area (Å²) in [6.07, 6.45) is 0. The van der Waals surface area contributed by atoms with Gasteiger partial charge in [0.05, 0.1) is 0 Å². The first-order valence-corrected chi connectivity index (χ1v) is 3.55. The van der Waals surface area contributed by atoms with Crippen LogP contribution < -0.4 is 17.2 Å². The summed E-state index contributed by atoms with van der Waals surface area (Å²) >= 11 is 0. The summed E-state index contributed by atoms with van der Waals surface area (Å²) in [5.41, 5.74) is 18.3. The maximum absolute atomic E-state index is 5.68. The van der Waals surface area contributed by atoms with E-state index in [1.165, 1.54) is 0 Å². The number of hydrogen-bond donors (Lipinski definition) is 3. The molecule has 60 valence electrons. The highest BCUT2D eigenvalue weighted by molar-refractivity contribution is 5.41. The van der Waals surface area contributed by atoms with Crippen molar-refractivity contribution in [1.82, 2.24) is 0 Å². The van der Waals surface area contributed by atoms with Crippen molar-refractivity contribution in [3.05, 3.63) is 29.8 Å². The van der Waals surface area contributed by atoms with Crippen LogP contribution in [-0.2, 0) is 0 Å². The first-order chi connectivity index (χ1) is 5.24. The van der Waals surface area contributed by atoms with Gasteiger partial charge in [-0.15, -0.1) is 0 Å². The molecule has 0 saturated heterocycles. The van der Waals surface area contributed by atoms with Crippen molar-refractivity contribution >= 4 is 5.69 Å². The van der Waals surface area contributed by atoms with Gasteiger partial charge in [-0.1, -0.05) is 12.1 Å². The van der Waals surface area contributed by atoms with Gasteiger partial charge in [0.2, 0.25) is 0 Å². The molecule has 0 radical (unpaired) electrons. The summed E-state index contributed by atoms with van der Waals surface area (Å²) in [6, 6.07) is 7.37. The number of hydrogen-bond acceptors (Lipinski definition) is 3. The Bertz CT molecular complexity index is 235. The highest BCUT2D eigenvalue weighted by Crippen LogP contribution is 2.11. The van der Waals surface area contributed by atoms with E-state index in [4.69, 9.17) is 17.2 Å². The van der Waals surface area contributed by atoms with Crippen molar-refractivity contribution in [3.63, 3.8) is 0 Å². The average Bonchev–Trinajstić information content (AvgIpc) is 2.03. The van der Waals surface area contributed by atoms with Gasteiger partial charge in [0.25, 0.3) is 0 Å². The van der Waals surface area contributed by atoms with E-state index >= 15 is 0 Å². The van der Waals surface area contributed by atoms with E-state index in [0.29, 0.717) is 6.54 Å². The van der Waals surface area contributed by atoms with Gasteiger partial charge in [0.1, 0.15) is 0 Å². The fourth-order valence-electron chi connectivity index (χ4n) is 0.926. The van der Waals surface area contributed by atoms with Crippen molar-refractivity contribution in [3.8, 4) is 0 Å². The molecular formula is C8H13N3. The topological polar surface area (TPSA) is 78.1 Å². The summed E-state index contributed by atoms with van der Waals surface area (Å²) in [5, 5.41) is 0. The molecule has 0 aliphatic heterocycles. The van der Waals surface area contributed by atoms with Crippen LogP contribution in [0.3, 0.4) is 0 Å². The molecule has 0 bridgehead atoms. The van der Waals surface area contributed by atoms with E-state index in [1.807, 2.05) is 24.3 Å². The molecule has 6 N–H and O–H groups in total. The Hall–Kier alpha value is -1.06. The van der Waals surface area contributed by atoms with Crippen LogP contribution in [0.5, 0.6) is 0 Å². The first-order valence-electron chi connectivity index (χ1n) is 3.55. The SMILES string of the molecule is NC[C@@H](N)c1cccc(N)c1. The Morgan fingerprint density at radius 1 is 1.36 bits per heavy atom. The lowest BCUT2D eigenvalue weighted by Gasteiger charge is -2.08. The van der Waals surface area contributed by atoms with Crippen LogP contribution in [0.15, 0.2) is 24.3 Å². The van der Waals surface area contributed by atoms with Gasteiger partial charge in [-0.3, -0.25) is 0 Å². The predicted octanol–water partition coefficient (Wildman–Crippen LogP) is 0.227. The van der Waals surface area contributed by atoms with Gasteiger partial charge in [-0.05, 0) is 17.7 Å². The number of anilines is 1. The Labute approximate surface area is 66.2 Å². The average molecular weight is 151 g/mol. The molecule has 3 heteroatoms. The monoisotopic (exact) mass is 151 g/mol. The largest absolute Gasteiger partial charge is 0.399 e. The second kappa shape index (κ2) is 3.37. The lowest BCUT2D eigenvalue weighted by Crippen LogP contribution is -2.20.